The Hall–Kier alpha value is -0.860. The van der Waals surface area contributed by atoms with Crippen LogP contribution < -0.4 is 0 Å². The largest absolute Gasteiger partial charge is 0.465 e. The van der Waals surface area contributed by atoms with Crippen LogP contribution in [-0.4, -0.2) is 18.4 Å². The van der Waals surface area contributed by atoms with E-state index in [4.69, 9.17) is 4.74 Å². The van der Waals surface area contributed by atoms with Crippen LogP contribution in [0.2, 0.25) is 0 Å². The number of rotatable bonds is 6. The molecule has 3 heteroatoms. The Morgan fingerprint density at radius 1 is 1.23 bits per heavy atom. The first kappa shape index (κ1) is 12.1. The summed E-state index contributed by atoms with van der Waals surface area (Å²) in [6.07, 6.45) is 1.43. The number of ketones is 1. The second-order valence-electron chi connectivity index (χ2n) is 3.63. The normalized spacial score (nSPS) is 10.2. The molecule has 0 N–H and O–H groups in total. The monoisotopic (exact) mass is 186 g/mol. The third-order valence-electron chi connectivity index (χ3n) is 1.49. The van der Waals surface area contributed by atoms with Crippen LogP contribution in [0.3, 0.4) is 0 Å². The van der Waals surface area contributed by atoms with E-state index >= 15 is 0 Å². The van der Waals surface area contributed by atoms with Gasteiger partial charge in [-0.25, -0.2) is 0 Å². The Bertz CT molecular complexity index is 173. The fourth-order valence-electron chi connectivity index (χ4n) is 0.813. The van der Waals surface area contributed by atoms with Gasteiger partial charge >= 0.3 is 5.97 Å². The van der Waals surface area contributed by atoms with E-state index < -0.39 is 0 Å². The molecule has 0 atom stereocenters. The van der Waals surface area contributed by atoms with Gasteiger partial charge < -0.3 is 9.53 Å². The molecule has 0 saturated carbocycles. The molecule has 0 bridgehead atoms. The molecule has 0 fully saturated rings. The smallest absolute Gasteiger partial charge is 0.305 e. The van der Waals surface area contributed by atoms with Crippen LogP contribution in [0.4, 0.5) is 0 Å². The van der Waals surface area contributed by atoms with Gasteiger partial charge in [0.2, 0.25) is 0 Å². The van der Waals surface area contributed by atoms with Crippen LogP contribution in [-0.2, 0) is 14.3 Å². The van der Waals surface area contributed by atoms with Gasteiger partial charge in [0.05, 0.1) is 6.61 Å². The molecule has 0 spiro atoms. The Morgan fingerprint density at radius 3 is 2.31 bits per heavy atom. The molecule has 76 valence electrons. The van der Waals surface area contributed by atoms with Crippen molar-refractivity contribution >= 4 is 11.8 Å². The minimum Gasteiger partial charge on any atom is -0.465 e. The van der Waals surface area contributed by atoms with Crippen molar-refractivity contribution in [2.24, 2.45) is 5.92 Å². The van der Waals surface area contributed by atoms with E-state index in [1.54, 1.807) is 0 Å². The fourth-order valence-corrected chi connectivity index (χ4v) is 0.813. The van der Waals surface area contributed by atoms with E-state index in [-0.39, 0.29) is 11.8 Å². The van der Waals surface area contributed by atoms with Gasteiger partial charge in [0.25, 0.3) is 0 Å². The average Bonchev–Trinajstić information content (AvgIpc) is 2.00. The minimum atomic E-state index is -0.199. The second-order valence-corrected chi connectivity index (χ2v) is 3.63. The van der Waals surface area contributed by atoms with Crippen molar-refractivity contribution in [3.8, 4) is 0 Å². The molecule has 0 aromatic heterocycles. The number of ether oxygens (including phenoxy) is 1. The summed E-state index contributed by atoms with van der Waals surface area (Å²) in [6.45, 7) is 5.98. The van der Waals surface area contributed by atoms with E-state index in [0.29, 0.717) is 31.8 Å². The lowest BCUT2D eigenvalue weighted by Gasteiger charge is -2.06. The summed E-state index contributed by atoms with van der Waals surface area (Å²) in [5, 5.41) is 0. The molecule has 0 rings (SSSR count). The molecule has 13 heavy (non-hydrogen) atoms. The van der Waals surface area contributed by atoms with E-state index in [1.165, 1.54) is 6.92 Å². The highest BCUT2D eigenvalue weighted by atomic mass is 16.5. The summed E-state index contributed by atoms with van der Waals surface area (Å²) in [5.74, 6) is 0.295. The number of hydrogen-bond donors (Lipinski definition) is 0. The summed E-state index contributed by atoms with van der Waals surface area (Å²) in [4.78, 5) is 21.5. The van der Waals surface area contributed by atoms with E-state index in [0.717, 1.165) is 0 Å². The first-order valence-corrected chi connectivity index (χ1v) is 4.67. The van der Waals surface area contributed by atoms with Crippen molar-refractivity contribution in [3.05, 3.63) is 0 Å². The first-order chi connectivity index (χ1) is 6.02. The van der Waals surface area contributed by atoms with Crippen LogP contribution in [0.5, 0.6) is 0 Å². The molecular weight excluding hydrogens is 168 g/mol. The topological polar surface area (TPSA) is 43.4 Å². The van der Waals surface area contributed by atoms with Gasteiger partial charge in [0.1, 0.15) is 5.78 Å². The molecule has 0 aromatic carbocycles. The van der Waals surface area contributed by atoms with Gasteiger partial charge in [-0.2, -0.15) is 0 Å². The molecule has 0 aliphatic heterocycles. The fraction of sp³-hybridized carbons (Fsp3) is 0.800. The first-order valence-electron chi connectivity index (χ1n) is 4.67. The Kier molecular flexibility index (Phi) is 6.20. The van der Waals surface area contributed by atoms with E-state index in [9.17, 15) is 9.59 Å². The van der Waals surface area contributed by atoms with Crippen LogP contribution in [0.1, 0.15) is 40.0 Å². The number of hydrogen-bond acceptors (Lipinski definition) is 3. The molecule has 3 nitrogen and oxygen atoms in total. The molecular formula is C10H18O3. The number of carbonyl (C=O) groups is 2. The zero-order valence-corrected chi connectivity index (χ0v) is 8.63. The van der Waals surface area contributed by atoms with E-state index in [2.05, 4.69) is 0 Å². The third-order valence-corrected chi connectivity index (χ3v) is 1.49. The second kappa shape index (κ2) is 6.63. The molecule has 0 aliphatic carbocycles. The predicted molar refractivity (Wildman–Crippen MR) is 50.3 cm³/mol. The zero-order chi connectivity index (χ0) is 10.3. The van der Waals surface area contributed by atoms with Gasteiger partial charge in [0, 0.05) is 12.8 Å². The number of Topliss-reactive ketones (excluding diaryl/α,β-unsaturated/α-hetero) is 1. The number of esters is 1. The maximum absolute atomic E-state index is 11.0. The van der Waals surface area contributed by atoms with Crippen molar-refractivity contribution in [3.63, 3.8) is 0 Å². The highest BCUT2D eigenvalue weighted by Crippen LogP contribution is 2.00. The lowest BCUT2D eigenvalue weighted by molar-refractivity contribution is -0.144. The maximum Gasteiger partial charge on any atom is 0.305 e. The SMILES string of the molecule is CC(=O)CCCC(=O)OCC(C)C. The summed E-state index contributed by atoms with van der Waals surface area (Å²) in [6, 6.07) is 0. The standard InChI is InChI=1S/C10H18O3/c1-8(2)7-13-10(12)6-4-5-9(3)11/h8H,4-7H2,1-3H3. The molecule has 0 aromatic rings. The van der Waals surface area contributed by atoms with Gasteiger partial charge in [0.15, 0.2) is 0 Å². The maximum atomic E-state index is 11.0. The summed E-state index contributed by atoms with van der Waals surface area (Å²) in [5.41, 5.74) is 0. The van der Waals surface area contributed by atoms with Gasteiger partial charge in [-0.3, -0.25) is 4.79 Å². The lowest BCUT2D eigenvalue weighted by Crippen LogP contribution is -2.09. The summed E-state index contributed by atoms with van der Waals surface area (Å²) < 4.78 is 4.94. The molecule has 0 aliphatic rings. The molecule has 0 unspecified atom stereocenters. The summed E-state index contributed by atoms with van der Waals surface area (Å²) >= 11 is 0. The highest BCUT2D eigenvalue weighted by molar-refractivity contribution is 5.76. The molecule has 0 amide bonds. The van der Waals surface area contributed by atoms with Crippen molar-refractivity contribution in [2.75, 3.05) is 6.61 Å². The van der Waals surface area contributed by atoms with E-state index in [1.807, 2.05) is 13.8 Å². The molecule has 0 heterocycles. The number of carbonyl (C=O) groups excluding carboxylic acids is 2. The van der Waals surface area contributed by atoms with Gasteiger partial charge in [-0.05, 0) is 19.3 Å². The molecule has 0 saturated heterocycles. The third kappa shape index (κ3) is 9.05. The van der Waals surface area contributed by atoms with Gasteiger partial charge in [-0.1, -0.05) is 13.8 Å². The molecule has 0 radical (unpaired) electrons. The minimum absolute atomic E-state index is 0.122. The summed E-state index contributed by atoms with van der Waals surface area (Å²) in [7, 11) is 0. The van der Waals surface area contributed by atoms with Crippen LogP contribution >= 0.6 is 0 Å². The van der Waals surface area contributed by atoms with Crippen molar-refractivity contribution in [1.29, 1.82) is 0 Å². The Balaban J connectivity index is 3.35. The Labute approximate surface area is 79.5 Å². The average molecular weight is 186 g/mol. The van der Waals surface area contributed by atoms with Crippen LogP contribution in [0.15, 0.2) is 0 Å². The van der Waals surface area contributed by atoms with Gasteiger partial charge in [-0.15, -0.1) is 0 Å². The van der Waals surface area contributed by atoms with Crippen molar-refractivity contribution < 1.29 is 14.3 Å². The lowest BCUT2D eigenvalue weighted by atomic mass is 10.2. The van der Waals surface area contributed by atoms with Crippen molar-refractivity contribution in [1.82, 2.24) is 0 Å². The predicted octanol–water partition coefficient (Wildman–Crippen LogP) is 1.94. The van der Waals surface area contributed by atoms with Crippen LogP contribution in [0, 0.1) is 5.92 Å². The Morgan fingerprint density at radius 2 is 1.85 bits per heavy atom. The highest BCUT2D eigenvalue weighted by Gasteiger charge is 2.04. The zero-order valence-electron chi connectivity index (χ0n) is 8.63. The van der Waals surface area contributed by atoms with Crippen LogP contribution in [0.25, 0.3) is 0 Å². The quantitative estimate of drug-likeness (QED) is 0.595. The van der Waals surface area contributed by atoms with Crippen molar-refractivity contribution in [2.45, 2.75) is 40.0 Å².